The van der Waals surface area contributed by atoms with Gasteiger partial charge in [0.15, 0.2) is 0 Å². The molecule has 2 nitrogen and oxygen atoms in total. The molecule has 1 aromatic rings. The minimum atomic E-state index is 0.552. The maximum Gasteiger partial charge on any atom is 0.0164 e. The van der Waals surface area contributed by atoms with Crippen LogP contribution < -0.4 is 10.6 Å². The van der Waals surface area contributed by atoms with E-state index in [0.29, 0.717) is 12.1 Å². The van der Waals surface area contributed by atoms with Crippen LogP contribution in [0.4, 0.5) is 0 Å². The summed E-state index contributed by atoms with van der Waals surface area (Å²) in [6.07, 6.45) is 4.01. The second kappa shape index (κ2) is 6.69. The minimum Gasteiger partial charge on any atom is -0.313 e. The highest BCUT2D eigenvalue weighted by Crippen LogP contribution is 2.34. The molecule has 3 heteroatoms. The van der Waals surface area contributed by atoms with Gasteiger partial charge in [-0.15, -0.1) is 11.3 Å². The highest BCUT2D eigenvalue weighted by atomic mass is 32.1. The first-order valence-corrected chi connectivity index (χ1v) is 8.07. The average Bonchev–Trinajstić information content (AvgIpc) is 2.82. The van der Waals surface area contributed by atoms with Crippen molar-refractivity contribution in [3.8, 4) is 0 Å². The Kier molecular flexibility index (Phi) is 5.22. The third-order valence-corrected chi connectivity index (χ3v) is 4.72. The van der Waals surface area contributed by atoms with Crippen LogP contribution in [-0.4, -0.2) is 25.2 Å². The second-order valence-electron chi connectivity index (χ2n) is 5.76. The second-order valence-corrected chi connectivity index (χ2v) is 6.76. The lowest BCUT2D eigenvalue weighted by Crippen LogP contribution is -2.40. The molecule has 1 aliphatic rings. The van der Waals surface area contributed by atoms with Crippen LogP contribution in [-0.2, 0) is 6.42 Å². The smallest absolute Gasteiger partial charge is 0.0164 e. The van der Waals surface area contributed by atoms with Crippen LogP contribution >= 0.6 is 11.3 Å². The van der Waals surface area contributed by atoms with Crippen molar-refractivity contribution in [2.75, 3.05) is 13.1 Å². The zero-order valence-electron chi connectivity index (χ0n) is 11.8. The Hall–Kier alpha value is -0.380. The summed E-state index contributed by atoms with van der Waals surface area (Å²) >= 11 is 1.94. The van der Waals surface area contributed by atoms with Crippen LogP contribution in [0.3, 0.4) is 0 Å². The van der Waals surface area contributed by atoms with Gasteiger partial charge in [0.05, 0.1) is 0 Å². The van der Waals surface area contributed by atoms with Gasteiger partial charge in [-0.1, -0.05) is 13.8 Å². The molecule has 1 aliphatic carbocycles. The largest absolute Gasteiger partial charge is 0.313 e. The van der Waals surface area contributed by atoms with Gasteiger partial charge in [-0.25, -0.2) is 0 Å². The number of rotatable bonds is 6. The maximum absolute atomic E-state index is 3.68. The Bertz CT molecular complexity index is 359. The zero-order chi connectivity index (χ0) is 13.0. The van der Waals surface area contributed by atoms with Gasteiger partial charge in [-0.2, -0.15) is 0 Å². The monoisotopic (exact) mass is 266 g/mol. The van der Waals surface area contributed by atoms with Crippen LogP contribution in [0.1, 0.15) is 50.0 Å². The van der Waals surface area contributed by atoms with Crippen molar-refractivity contribution in [2.45, 2.75) is 58.0 Å². The molecule has 18 heavy (non-hydrogen) atoms. The molecule has 1 aromatic heterocycles. The summed E-state index contributed by atoms with van der Waals surface area (Å²) in [5.74, 6) is 0.737. The van der Waals surface area contributed by atoms with E-state index in [-0.39, 0.29) is 0 Å². The van der Waals surface area contributed by atoms with Gasteiger partial charge in [-0.3, -0.25) is 0 Å². The van der Waals surface area contributed by atoms with Crippen molar-refractivity contribution >= 4 is 11.3 Å². The van der Waals surface area contributed by atoms with Gasteiger partial charge >= 0.3 is 0 Å². The standard InChI is InChI=1S/C15H26N2S/c1-11(2)16-9-12(3)17-10-13-5-4-6-15-14(13)7-8-18-15/h7-8,11-13,16-17H,4-6,9-10H2,1-3H3. The molecule has 2 unspecified atom stereocenters. The normalized spacial score (nSPS) is 21.0. The molecule has 0 saturated heterocycles. The molecule has 0 amide bonds. The Morgan fingerprint density at radius 3 is 2.94 bits per heavy atom. The number of aryl methyl sites for hydroxylation is 1. The molecule has 2 N–H and O–H groups in total. The SMILES string of the molecule is CC(C)NCC(C)NCC1CCCc2sccc21. The van der Waals surface area contributed by atoms with Crippen LogP contribution in [0.15, 0.2) is 11.4 Å². The highest BCUT2D eigenvalue weighted by Gasteiger charge is 2.21. The van der Waals surface area contributed by atoms with Gasteiger partial charge < -0.3 is 10.6 Å². The van der Waals surface area contributed by atoms with Gasteiger partial charge in [-0.05, 0) is 49.1 Å². The molecule has 0 saturated carbocycles. The molecule has 2 atom stereocenters. The van der Waals surface area contributed by atoms with Crippen LogP contribution in [0, 0.1) is 0 Å². The molecule has 102 valence electrons. The average molecular weight is 266 g/mol. The molecule has 0 aliphatic heterocycles. The molecule has 0 fully saturated rings. The van der Waals surface area contributed by atoms with Crippen molar-refractivity contribution in [1.82, 2.24) is 10.6 Å². The number of thiophene rings is 1. The van der Waals surface area contributed by atoms with E-state index in [0.717, 1.165) is 19.0 Å². The summed E-state index contributed by atoms with van der Waals surface area (Å²) in [5.41, 5.74) is 1.61. The fourth-order valence-electron chi connectivity index (χ4n) is 2.62. The predicted octanol–water partition coefficient (Wildman–Crippen LogP) is 3.14. The zero-order valence-corrected chi connectivity index (χ0v) is 12.6. The number of fused-ring (bicyclic) bond motifs is 1. The quantitative estimate of drug-likeness (QED) is 0.826. The first-order valence-electron chi connectivity index (χ1n) is 7.20. The number of hydrogen-bond acceptors (Lipinski definition) is 3. The Labute approximate surface area is 115 Å². The molecule has 0 bridgehead atoms. The lowest BCUT2D eigenvalue weighted by molar-refractivity contribution is 0.437. The minimum absolute atomic E-state index is 0.552. The van der Waals surface area contributed by atoms with E-state index in [2.05, 4.69) is 42.9 Å². The summed E-state index contributed by atoms with van der Waals surface area (Å²) in [7, 11) is 0. The molecular formula is C15H26N2S. The molecule has 2 rings (SSSR count). The maximum atomic E-state index is 3.68. The van der Waals surface area contributed by atoms with E-state index < -0.39 is 0 Å². The first kappa shape index (κ1) is 14.0. The lowest BCUT2D eigenvalue weighted by atomic mass is 9.87. The highest BCUT2D eigenvalue weighted by molar-refractivity contribution is 7.10. The van der Waals surface area contributed by atoms with E-state index in [9.17, 15) is 0 Å². The fourth-order valence-corrected chi connectivity index (χ4v) is 3.63. The molecule has 0 aromatic carbocycles. The third kappa shape index (κ3) is 3.81. The number of nitrogens with one attached hydrogen (secondary N) is 2. The van der Waals surface area contributed by atoms with Gasteiger partial charge in [0, 0.05) is 30.1 Å². The third-order valence-electron chi connectivity index (χ3n) is 3.72. The predicted molar refractivity (Wildman–Crippen MR) is 80.6 cm³/mol. The van der Waals surface area contributed by atoms with Crippen molar-refractivity contribution in [3.05, 3.63) is 21.9 Å². The number of hydrogen-bond donors (Lipinski definition) is 2. The summed E-state index contributed by atoms with van der Waals surface area (Å²) < 4.78 is 0. The molecule has 0 radical (unpaired) electrons. The van der Waals surface area contributed by atoms with Gasteiger partial charge in [0.25, 0.3) is 0 Å². The van der Waals surface area contributed by atoms with Gasteiger partial charge in [0.1, 0.15) is 0 Å². The summed E-state index contributed by atoms with van der Waals surface area (Å²) in [6, 6.07) is 3.46. The molecule has 0 spiro atoms. The van der Waals surface area contributed by atoms with Crippen LogP contribution in [0.5, 0.6) is 0 Å². The van der Waals surface area contributed by atoms with E-state index in [4.69, 9.17) is 0 Å². The summed E-state index contributed by atoms with van der Waals surface area (Å²) in [4.78, 5) is 1.63. The van der Waals surface area contributed by atoms with Crippen molar-refractivity contribution in [2.24, 2.45) is 0 Å². The first-order chi connectivity index (χ1) is 8.66. The van der Waals surface area contributed by atoms with E-state index in [1.54, 1.807) is 10.4 Å². The van der Waals surface area contributed by atoms with Crippen LogP contribution in [0.2, 0.25) is 0 Å². The van der Waals surface area contributed by atoms with Gasteiger partial charge in [0.2, 0.25) is 0 Å². The molecule has 1 heterocycles. The van der Waals surface area contributed by atoms with E-state index in [1.165, 1.54) is 19.3 Å². The Morgan fingerprint density at radius 1 is 1.33 bits per heavy atom. The summed E-state index contributed by atoms with van der Waals surface area (Å²) in [5, 5.41) is 9.42. The van der Waals surface area contributed by atoms with Crippen molar-refractivity contribution < 1.29 is 0 Å². The van der Waals surface area contributed by atoms with Crippen molar-refractivity contribution in [1.29, 1.82) is 0 Å². The lowest BCUT2D eigenvalue weighted by Gasteiger charge is -2.25. The van der Waals surface area contributed by atoms with E-state index >= 15 is 0 Å². The molecular weight excluding hydrogens is 240 g/mol. The van der Waals surface area contributed by atoms with E-state index in [1.807, 2.05) is 11.3 Å². The fraction of sp³-hybridized carbons (Fsp3) is 0.733. The van der Waals surface area contributed by atoms with Crippen LogP contribution in [0.25, 0.3) is 0 Å². The van der Waals surface area contributed by atoms with Crippen molar-refractivity contribution in [3.63, 3.8) is 0 Å². The Balaban J connectivity index is 1.78. The Morgan fingerprint density at radius 2 is 2.17 bits per heavy atom. The summed E-state index contributed by atoms with van der Waals surface area (Å²) in [6.45, 7) is 8.86. The topological polar surface area (TPSA) is 24.1 Å².